The highest BCUT2D eigenvalue weighted by Gasteiger charge is 2.13. The minimum Gasteiger partial charge on any atom is -0.468 e. The van der Waals surface area contributed by atoms with E-state index in [9.17, 15) is 4.79 Å². The van der Waals surface area contributed by atoms with Crippen molar-refractivity contribution in [3.63, 3.8) is 0 Å². The Kier molecular flexibility index (Phi) is 4.06. The molecule has 2 rings (SSSR count). The Morgan fingerprint density at radius 1 is 1.42 bits per heavy atom. The van der Waals surface area contributed by atoms with Crippen LogP contribution in [0.1, 0.15) is 0 Å². The number of carbonyl (C=O) groups is 1. The van der Waals surface area contributed by atoms with Crippen molar-refractivity contribution in [2.24, 2.45) is 0 Å². The number of nitrogens with zero attached hydrogens (tertiary/aromatic N) is 2. The number of esters is 1. The molecule has 5 nitrogen and oxygen atoms in total. The fraction of sp³-hybridized carbons (Fsp3) is 0.231. The fourth-order valence-electron chi connectivity index (χ4n) is 1.54. The monoisotopic (exact) mass is 280 g/mol. The van der Waals surface area contributed by atoms with Crippen molar-refractivity contribution in [3.05, 3.63) is 35.4 Å². The summed E-state index contributed by atoms with van der Waals surface area (Å²) in [5.74, 6) is 0.845. The lowest BCUT2D eigenvalue weighted by atomic mass is 10.2. The Bertz CT molecular complexity index is 566. The normalized spacial score (nSPS) is 10.3. The van der Waals surface area contributed by atoms with Gasteiger partial charge >= 0.3 is 5.97 Å². The lowest BCUT2D eigenvalue weighted by Gasteiger charge is -2.12. The Hall–Kier alpha value is -2.01. The summed E-state index contributed by atoms with van der Waals surface area (Å²) < 4.78 is 9.83. The van der Waals surface area contributed by atoms with Crippen molar-refractivity contribution in [3.8, 4) is 11.3 Å². The molecule has 0 amide bonds. The predicted molar refractivity (Wildman–Crippen MR) is 72.2 cm³/mol. The summed E-state index contributed by atoms with van der Waals surface area (Å²) in [6.45, 7) is 0.114. The molecule has 0 saturated carbocycles. The van der Waals surface area contributed by atoms with Gasteiger partial charge in [0.1, 0.15) is 6.54 Å². The number of hydrogen-bond acceptors (Lipinski definition) is 5. The largest absolute Gasteiger partial charge is 0.468 e. The molecule has 6 heteroatoms. The molecule has 0 atom stereocenters. The van der Waals surface area contributed by atoms with Gasteiger partial charge in [-0.15, -0.1) is 0 Å². The Balaban J connectivity index is 2.14. The molecular weight excluding hydrogens is 268 g/mol. The van der Waals surface area contributed by atoms with Gasteiger partial charge in [0.2, 0.25) is 0 Å². The zero-order valence-corrected chi connectivity index (χ0v) is 11.3. The SMILES string of the molecule is COC(=O)CN(C)c1cc(-c2ccc(Cl)cc2)on1. The maximum Gasteiger partial charge on any atom is 0.325 e. The molecule has 1 aromatic heterocycles. The maximum absolute atomic E-state index is 11.2. The molecule has 2 aromatic rings. The molecule has 0 saturated heterocycles. The van der Waals surface area contributed by atoms with Gasteiger partial charge in [0.25, 0.3) is 0 Å². The molecule has 0 aliphatic heterocycles. The minimum absolute atomic E-state index is 0.114. The highest BCUT2D eigenvalue weighted by molar-refractivity contribution is 6.30. The molecule has 0 N–H and O–H groups in total. The zero-order chi connectivity index (χ0) is 13.8. The molecule has 0 unspecified atom stereocenters. The lowest BCUT2D eigenvalue weighted by Crippen LogP contribution is -2.26. The molecule has 100 valence electrons. The topological polar surface area (TPSA) is 55.6 Å². The van der Waals surface area contributed by atoms with E-state index >= 15 is 0 Å². The number of benzene rings is 1. The first kappa shape index (κ1) is 13.4. The standard InChI is InChI=1S/C13H13ClN2O3/c1-16(8-13(17)18-2)12-7-11(19-15-12)9-3-5-10(14)6-4-9/h3-7H,8H2,1-2H3. The quantitative estimate of drug-likeness (QED) is 0.806. The van der Waals surface area contributed by atoms with Crippen molar-refractivity contribution in [2.45, 2.75) is 0 Å². The number of anilines is 1. The maximum atomic E-state index is 11.2. The van der Waals surface area contributed by atoms with E-state index in [-0.39, 0.29) is 12.5 Å². The number of rotatable bonds is 4. The van der Waals surface area contributed by atoms with Crippen LogP contribution in [-0.4, -0.2) is 31.8 Å². The van der Waals surface area contributed by atoms with Crippen molar-refractivity contribution < 1.29 is 14.1 Å². The van der Waals surface area contributed by atoms with E-state index in [1.54, 1.807) is 30.1 Å². The molecular formula is C13H13ClN2O3. The Morgan fingerprint density at radius 3 is 2.74 bits per heavy atom. The first-order valence-corrected chi connectivity index (χ1v) is 5.98. The van der Waals surface area contributed by atoms with Gasteiger partial charge in [-0.25, -0.2) is 0 Å². The molecule has 1 heterocycles. The molecule has 0 aliphatic rings. The van der Waals surface area contributed by atoms with Gasteiger partial charge in [-0.05, 0) is 24.3 Å². The van der Waals surface area contributed by atoms with Crippen LogP contribution in [0.5, 0.6) is 0 Å². The van der Waals surface area contributed by atoms with Crippen LogP contribution in [0.15, 0.2) is 34.9 Å². The van der Waals surface area contributed by atoms with Gasteiger partial charge in [-0.3, -0.25) is 4.79 Å². The van der Waals surface area contributed by atoms with Crippen molar-refractivity contribution in [1.29, 1.82) is 0 Å². The van der Waals surface area contributed by atoms with Crippen molar-refractivity contribution >= 4 is 23.4 Å². The molecule has 0 fully saturated rings. The summed E-state index contributed by atoms with van der Waals surface area (Å²) in [4.78, 5) is 12.8. The van der Waals surface area contributed by atoms with Crippen molar-refractivity contribution in [1.82, 2.24) is 5.16 Å². The lowest BCUT2D eigenvalue weighted by molar-refractivity contribution is -0.138. The van der Waals surface area contributed by atoms with Crippen LogP contribution in [0.25, 0.3) is 11.3 Å². The third kappa shape index (κ3) is 3.26. The van der Waals surface area contributed by atoms with Crippen LogP contribution in [0.4, 0.5) is 5.82 Å². The molecule has 0 spiro atoms. The Labute approximate surface area is 115 Å². The van der Waals surface area contributed by atoms with Crippen LogP contribution in [0.3, 0.4) is 0 Å². The van der Waals surface area contributed by atoms with E-state index in [0.717, 1.165) is 5.56 Å². The van der Waals surface area contributed by atoms with E-state index in [1.807, 2.05) is 12.1 Å². The van der Waals surface area contributed by atoms with Crippen LogP contribution in [0.2, 0.25) is 5.02 Å². The summed E-state index contributed by atoms with van der Waals surface area (Å²) in [7, 11) is 3.08. The average Bonchev–Trinajstić information content (AvgIpc) is 2.89. The van der Waals surface area contributed by atoms with Crippen molar-refractivity contribution in [2.75, 3.05) is 25.6 Å². The number of carbonyl (C=O) groups excluding carboxylic acids is 1. The smallest absolute Gasteiger partial charge is 0.325 e. The van der Waals surface area contributed by atoms with Gasteiger partial charge in [0.15, 0.2) is 11.6 Å². The summed E-state index contributed by atoms with van der Waals surface area (Å²) in [5.41, 5.74) is 0.870. The molecule has 0 bridgehead atoms. The van der Waals surface area contributed by atoms with E-state index in [0.29, 0.717) is 16.6 Å². The highest BCUT2D eigenvalue weighted by Crippen LogP contribution is 2.25. The first-order chi connectivity index (χ1) is 9.10. The van der Waals surface area contributed by atoms with Gasteiger partial charge < -0.3 is 14.2 Å². The summed E-state index contributed by atoms with van der Waals surface area (Å²) in [6.07, 6.45) is 0. The molecule has 19 heavy (non-hydrogen) atoms. The second-order valence-corrected chi connectivity index (χ2v) is 4.42. The number of methoxy groups -OCH3 is 1. The minimum atomic E-state index is -0.335. The van der Waals surface area contributed by atoms with E-state index in [1.165, 1.54) is 7.11 Å². The number of aromatic nitrogens is 1. The average molecular weight is 281 g/mol. The van der Waals surface area contributed by atoms with Crippen LogP contribution < -0.4 is 4.90 Å². The molecule has 1 aromatic carbocycles. The third-order valence-corrected chi connectivity index (χ3v) is 2.86. The first-order valence-electron chi connectivity index (χ1n) is 5.61. The summed E-state index contributed by atoms with van der Waals surface area (Å²) in [5, 5.41) is 4.57. The van der Waals surface area contributed by atoms with Crippen LogP contribution in [-0.2, 0) is 9.53 Å². The van der Waals surface area contributed by atoms with Crippen LogP contribution >= 0.6 is 11.6 Å². The second-order valence-electron chi connectivity index (χ2n) is 3.99. The predicted octanol–water partition coefficient (Wildman–Crippen LogP) is 2.60. The Morgan fingerprint density at radius 2 is 2.11 bits per heavy atom. The van der Waals surface area contributed by atoms with E-state index in [4.69, 9.17) is 16.1 Å². The van der Waals surface area contributed by atoms with Gasteiger partial charge in [-0.1, -0.05) is 16.8 Å². The summed E-state index contributed by atoms with van der Waals surface area (Å²) >= 11 is 5.82. The third-order valence-electron chi connectivity index (χ3n) is 2.61. The second kappa shape index (κ2) is 5.75. The van der Waals surface area contributed by atoms with E-state index < -0.39 is 0 Å². The van der Waals surface area contributed by atoms with Gasteiger partial charge in [0.05, 0.1) is 7.11 Å². The van der Waals surface area contributed by atoms with Gasteiger partial charge in [-0.2, -0.15) is 0 Å². The van der Waals surface area contributed by atoms with E-state index in [2.05, 4.69) is 9.89 Å². The number of halogens is 1. The molecule has 0 radical (unpaired) electrons. The van der Waals surface area contributed by atoms with Gasteiger partial charge in [0, 0.05) is 23.7 Å². The van der Waals surface area contributed by atoms with Crippen LogP contribution in [0, 0.1) is 0 Å². The molecule has 0 aliphatic carbocycles. The number of likely N-dealkylation sites (N-methyl/N-ethyl adjacent to an activating group) is 1. The number of ether oxygens (including phenoxy) is 1. The summed E-state index contributed by atoms with van der Waals surface area (Å²) in [6, 6.07) is 8.99. The fourth-order valence-corrected chi connectivity index (χ4v) is 1.66. The highest BCUT2D eigenvalue weighted by atomic mass is 35.5. The number of hydrogen-bond donors (Lipinski definition) is 0. The zero-order valence-electron chi connectivity index (χ0n) is 10.6.